The van der Waals surface area contributed by atoms with Crippen molar-refractivity contribution >= 4 is 23.6 Å². The normalized spacial score (nSPS) is 14.9. The van der Waals surface area contributed by atoms with Gasteiger partial charge in [0.25, 0.3) is 0 Å². The molecule has 7 rings (SSSR count). The summed E-state index contributed by atoms with van der Waals surface area (Å²) in [6.45, 7) is 6.08. The first-order valence-electron chi connectivity index (χ1n) is 14.7. The van der Waals surface area contributed by atoms with Crippen molar-refractivity contribution in [3.8, 4) is 22.4 Å². The zero-order valence-electron chi connectivity index (χ0n) is 24.3. The first-order chi connectivity index (χ1) is 20.9. The maximum absolute atomic E-state index is 13.5. The number of nitrogens with zero attached hydrogens (tertiary/aromatic N) is 6. The van der Waals surface area contributed by atoms with Crippen molar-refractivity contribution in [3.63, 3.8) is 0 Å². The molecule has 1 fully saturated rings. The highest BCUT2D eigenvalue weighted by Gasteiger charge is 2.40. The molecule has 2 amide bonds. The number of hydrogen-bond acceptors (Lipinski definition) is 6. The molecule has 2 aliphatic carbocycles. The van der Waals surface area contributed by atoms with Crippen LogP contribution in [0.25, 0.3) is 28.0 Å². The average Bonchev–Trinajstić information content (AvgIpc) is 3.43. The Balaban J connectivity index is 1.05. The summed E-state index contributed by atoms with van der Waals surface area (Å²) in [4.78, 5) is 32.9. The molecule has 0 spiro atoms. The van der Waals surface area contributed by atoms with Gasteiger partial charge in [-0.15, -0.1) is 5.10 Å². The van der Waals surface area contributed by atoms with E-state index in [1.807, 2.05) is 53.3 Å². The van der Waals surface area contributed by atoms with Gasteiger partial charge < -0.3 is 4.74 Å². The number of pyridine rings is 1. The van der Waals surface area contributed by atoms with E-state index in [1.54, 1.807) is 22.5 Å². The molecule has 0 unspecified atom stereocenters. The van der Waals surface area contributed by atoms with Gasteiger partial charge in [-0.1, -0.05) is 48.5 Å². The number of fused-ring (bicyclic) bond motifs is 4. The maximum Gasteiger partial charge on any atom is 0.410 e. The lowest BCUT2D eigenvalue weighted by Gasteiger charge is -2.28. The number of aromatic nitrogens is 5. The summed E-state index contributed by atoms with van der Waals surface area (Å²) in [5.74, 6) is -0.239. The summed E-state index contributed by atoms with van der Waals surface area (Å²) in [6, 6.07) is 21.7. The molecule has 0 saturated heterocycles. The zero-order valence-corrected chi connectivity index (χ0v) is 24.3. The van der Waals surface area contributed by atoms with Crippen LogP contribution in [0.15, 0.2) is 79.1 Å². The smallest absolute Gasteiger partial charge is 0.410 e. The molecule has 218 valence electrons. The van der Waals surface area contributed by atoms with Crippen molar-refractivity contribution < 1.29 is 14.3 Å². The van der Waals surface area contributed by atoms with Gasteiger partial charge in [0.05, 0.1) is 5.69 Å². The summed E-state index contributed by atoms with van der Waals surface area (Å²) in [5.41, 5.74) is 7.13. The molecule has 0 bridgehead atoms. The van der Waals surface area contributed by atoms with Gasteiger partial charge in [0, 0.05) is 36.0 Å². The molecular formula is C33H33N7O3. The highest BCUT2D eigenvalue weighted by Crippen LogP contribution is 2.44. The molecule has 1 saturated carbocycles. The van der Waals surface area contributed by atoms with E-state index >= 15 is 0 Å². The van der Waals surface area contributed by atoms with Crippen LogP contribution in [-0.4, -0.2) is 60.0 Å². The van der Waals surface area contributed by atoms with Crippen LogP contribution < -0.4 is 5.32 Å². The van der Waals surface area contributed by atoms with E-state index in [1.165, 1.54) is 11.1 Å². The molecule has 1 N–H and O–H groups in total. The summed E-state index contributed by atoms with van der Waals surface area (Å²) in [7, 11) is 0. The van der Waals surface area contributed by atoms with Crippen LogP contribution in [0.4, 0.5) is 10.7 Å². The number of rotatable bonds is 8. The number of hydrogen-bond donors (Lipinski definition) is 1. The minimum absolute atomic E-state index is 0.0289. The fourth-order valence-corrected chi connectivity index (χ4v) is 6.03. The Labute approximate surface area is 249 Å². The van der Waals surface area contributed by atoms with Crippen molar-refractivity contribution in [2.45, 2.75) is 57.7 Å². The Morgan fingerprint density at radius 1 is 0.977 bits per heavy atom. The highest BCUT2D eigenvalue weighted by atomic mass is 16.6. The molecule has 2 aromatic carbocycles. The van der Waals surface area contributed by atoms with Crippen LogP contribution >= 0.6 is 0 Å². The second-order valence-electron chi connectivity index (χ2n) is 11.5. The molecule has 3 aromatic heterocycles. The van der Waals surface area contributed by atoms with Gasteiger partial charge in [0.15, 0.2) is 5.65 Å². The molecule has 43 heavy (non-hydrogen) atoms. The third-order valence-electron chi connectivity index (χ3n) is 8.31. The van der Waals surface area contributed by atoms with E-state index in [9.17, 15) is 9.59 Å². The van der Waals surface area contributed by atoms with E-state index in [-0.39, 0.29) is 36.5 Å². The van der Waals surface area contributed by atoms with Crippen molar-refractivity contribution in [1.29, 1.82) is 0 Å². The number of nitrogens with one attached hydrogen (secondary N) is 1. The summed E-state index contributed by atoms with van der Waals surface area (Å²) in [6.07, 6.45) is 4.83. The van der Waals surface area contributed by atoms with Gasteiger partial charge in [0.1, 0.15) is 12.6 Å². The second-order valence-corrected chi connectivity index (χ2v) is 11.5. The standard InChI is InChI=1S/C33H33N7O3/c1-20(2)40-29(16-17-34-40)22-12-15-30-35-32(37-38(30)18-22)36-31(41)21(3)39(23-13-14-23)33(42)43-19-28-26-10-6-4-8-24(26)25-9-5-7-11-27(25)28/h4-12,15-18,20-21,23,28H,13-14,19H2,1-3H3,(H,36,37,41)/t21-/m0/s1. The van der Waals surface area contributed by atoms with E-state index in [2.05, 4.69) is 58.6 Å². The lowest BCUT2D eigenvalue weighted by molar-refractivity contribution is -0.120. The van der Waals surface area contributed by atoms with E-state index in [0.717, 1.165) is 35.2 Å². The Morgan fingerprint density at radius 2 is 1.67 bits per heavy atom. The molecular weight excluding hydrogens is 542 g/mol. The Morgan fingerprint density at radius 3 is 2.35 bits per heavy atom. The topological polar surface area (TPSA) is 107 Å². The minimum Gasteiger partial charge on any atom is -0.448 e. The Kier molecular flexibility index (Phi) is 6.68. The number of amides is 2. The number of benzene rings is 2. The molecule has 10 nitrogen and oxygen atoms in total. The first-order valence-corrected chi connectivity index (χ1v) is 14.7. The fraction of sp³-hybridized carbons (Fsp3) is 0.303. The lowest BCUT2D eigenvalue weighted by Crippen LogP contribution is -2.47. The van der Waals surface area contributed by atoms with E-state index in [0.29, 0.717) is 5.65 Å². The van der Waals surface area contributed by atoms with E-state index < -0.39 is 12.1 Å². The lowest BCUT2D eigenvalue weighted by atomic mass is 9.98. The van der Waals surface area contributed by atoms with Crippen LogP contribution in [0.5, 0.6) is 0 Å². The van der Waals surface area contributed by atoms with Crippen molar-refractivity contribution in [3.05, 3.63) is 90.3 Å². The van der Waals surface area contributed by atoms with Crippen LogP contribution in [-0.2, 0) is 9.53 Å². The Bertz CT molecular complexity index is 1790. The minimum atomic E-state index is -0.759. The molecule has 3 heterocycles. The van der Waals surface area contributed by atoms with E-state index in [4.69, 9.17) is 4.74 Å². The van der Waals surface area contributed by atoms with Crippen molar-refractivity contribution in [2.75, 3.05) is 11.9 Å². The average molecular weight is 576 g/mol. The summed E-state index contributed by atoms with van der Waals surface area (Å²) < 4.78 is 9.49. The number of carbonyl (C=O) groups is 2. The second kappa shape index (κ2) is 10.7. The summed E-state index contributed by atoms with van der Waals surface area (Å²) >= 11 is 0. The highest BCUT2D eigenvalue weighted by molar-refractivity contribution is 5.95. The van der Waals surface area contributed by atoms with Gasteiger partial charge in [0.2, 0.25) is 11.9 Å². The zero-order chi connectivity index (χ0) is 29.7. The van der Waals surface area contributed by atoms with Crippen molar-refractivity contribution in [2.24, 2.45) is 0 Å². The van der Waals surface area contributed by atoms with Crippen LogP contribution in [0, 0.1) is 0 Å². The maximum atomic E-state index is 13.5. The van der Waals surface area contributed by atoms with Gasteiger partial charge in [-0.25, -0.2) is 9.31 Å². The van der Waals surface area contributed by atoms with Crippen LogP contribution in [0.2, 0.25) is 0 Å². The molecule has 5 aromatic rings. The molecule has 0 radical (unpaired) electrons. The fourth-order valence-electron chi connectivity index (χ4n) is 6.03. The summed E-state index contributed by atoms with van der Waals surface area (Å²) in [5, 5.41) is 11.7. The van der Waals surface area contributed by atoms with Gasteiger partial charge in [-0.3, -0.25) is 19.7 Å². The first kappa shape index (κ1) is 26.9. The largest absolute Gasteiger partial charge is 0.448 e. The third-order valence-corrected chi connectivity index (χ3v) is 8.31. The van der Waals surface area contributed by atoms with Gasteiger partial charge in [-0.05, 0) is 74.1 Å². The Hall–Kier alpha value is -4.99. The molecule has 2 aliphatic rings. The monoisotopic (exact) mass is 575 g/mol. The molecule has 0 aliphatic heterocycles. The number of ether oxygens (including phenoxy) is 1. The number of carbonyl (C=O) groups excluding carboxylic acids is 2. The third kappa shape index (κ3) is 4.92. The number of anilines is 1. The molecule has 10 heteroatoms. The predicted molar refractivity (Wildman–Crippen MR) is 163 cm³/mol. The predicted octanol–water partition coefficient (Wildman–Crippen LogP) is 5.91. The van der Waals surface area contributed by atoms with Gasteiger partial charge in [-0.2, -0.15) is 10.1 Å². The van der Waals surface area contributed by atoms with Crippen LogP contribution in [0.3, 0.4) is 0 Å². The van der Waals surface area contributed by atoms with Crippen LogP contribution in [0.1, 0.15) is 56.7 Å². The van der Waals surface area contributed by atoms with Crippen molar-refractivity contribution in [1.82, 2.24) is 29.3 Å². The quantitative estimate of drug-likeness (QED) is 0.246. The SMILES string of the molecule is CC(C)n1nccc1-c1ccc2nc(NC(=O)[C@H](C)N(C(=O)OCC3c4ccccc4-c4ccccc43)C3CC3)nn2c1. The van der Waals surface area contributed by atoms with Gasteiger partial charge >= 0.3 is 6.09 Å². The molecule has 1 atom stereocenters.